The molecule has 0 aliphatic heterocycles. The lowest BCUT2D eigenvalue weighted by molar-refractivity contribution is 0.544. The predicted octanol–water partition coefficient (Wildman–Crippen LogP) is 1.59. The highest BCUT2D eigenvalue weighted by atomic mass is 32.1. The minimum absolute atomic E-state index is 0.00568. The Morgan fingerprint density at radius 1 is 1.47 bits per heavy atom. The van der Waals surface area contributed by atoms with Gasteiger partial charge in [-0.2, -0.15) is 0 Å². The van der Waals surface area contributed by atoms with Crippen molar-refractivity contribution in [3.63, 3.8) is 0 Å². The van der Waals surface area contributed by atoms with Crippen LogP contribution in [-0.4, -0.2) is 21.1 Å². The smallest absolute Gasteiger partial charge is 0.212 e. The van der Waals surface area contributed by atoms with Crippen molar-refractivity contribution in [1.82, 2.24) is 14.6 Å². The van der Waals surface area contributed by atoms with E-state index >= 15 is 0 Å². The molecule has 2 aromatic heterocycles. The summed E-state index contributed by atoms with van der Waals surface area (Å²) in [5, 5.41) is 6.60. The van der Waals surface area contributed by atoms with Crippen LogP contribution < -0.4 is 5.73 Å². The first kappa shape index (κ1) is 10.6. The molecule has 0 saturated carbocycles. The Bertz CT molecular complexity index is 463. The lowest BCUT2D eigenvalue weighted by Gasteiger charge is -2.11. The molecule has 0 aliphatic rings. The molecule has 2 heterocycles. The fourth-order valence-electron chi connectivity index (χ4n) is 1.36. The molecule has 15 heavy (non-hydrogen) atoms. The SMILES string of the molecule is CC(C)(C)c1nc2scc(CCN)n2n1. The zero-order chi connectivity index (χ0) is 11.1. The van der Waals surface area contributed by atoms with Gasteiger partial charge in [-0.25, -0.2) is 9.50 Å². The van der Waals surface area contributed by atoms with Crippen LogP contribution >= 0.6 is 11.3 Å². The van der Waals surface area contributed by atoms with Gasteiger partial charge in [-0.15, -0.1) is 16.4 Å². The molecular weight excluding hydrogens is 208 g/mol. The molecule has 2 N–H and O–H groups in total. The van der Waals surface area contributed by atoms with Crippen molar-refractivity contribution in [3.05, 3.63) is 16.9 Å². The van der Waals surface area contributed by atoms with Gasteiger partial charge in [0.2, 0.25) is 4.96 Å². The monoisotopic (exact) mass is 224 g/mol. The van der Waals surface area contributed by atoms with Gasteiger partial charge in [-0.3, -0.25) is 0 Å². The first-order chi connectivity index (χ1) is 7.02. The van der Waals surface area contributed by atoms with Gasteiger partial charge in [0, 0.05) is 17.2 Å². The van der Waals surface area contributed by atoms with Crippen molar-refractivity contribution in [3.8, 4) is 0 Å². The van der Waals surface area contributed by atoms with Crippen LogP contribution in [0.1, 0.15) is 32.3 Å². The van der Waals surface area contributed by atoms with Crippen LogP contribution in [0, 0.1) is 0 Å². The molecule has 0 saturated heterocycles. The van der Waals surface area contributed by atoms with Gasteiger partial charge in [0.05, 0.1) is 5.69 Å². The molecule has 0 amide bonds. The number of nitrogens with zero attached hydrogens (tertiary/aromatic N) is 3. The normalized spacial score (nSPS) is 12.5. The fraction of sp³-hybridized carbons (Fsp3) is 0.600. The maximum atomic E-state index is 5.55. The van der Waals surface area contributed by atoms with Crippen LogP contribution in [0.4, 0.5) is 0 Å². The average Bonchev–Trinajstić information content (AvgIpc) is 2.65. The summed E-state index contributed by atoms with van der Waals surface area (Å²) in [5.74, 6) is 0.896. The van der Waals surface area contributed by atoms with Crippen molar-refractivity contribution in [2.45, 2.75) is 32.6 Å². The van der Waals surface area contributed by atoms with E-state index in [2.05, 4.69) is 36.2 Å². The summed E-state index contributed by atoms with van der Waals surface area (Å²) >= 11 is 1.62. The molecule has 0 atom stereocenters. The van der Waals surface area contributed by atoms with Crippen LogP contribution in [0.25, 0.3) is 4.96 Å². The Balaban J connectivity index is 2.48. The summed E-state index contributed by atoms with van der Waals surface area (Å²) in [5.41, 5.74) is 6.71. The van der Waals surface area contributed by atoms with Crippen LogP contribution in [0.5, 0.6) is 0 Å². The lowest BCUT2D eigenvalue weighted by atomic mass is 9.96. The summed E-state index contributed by atoms with van der Waals surface area (Å²) in [4.78, 5) is 5.48. The summed E-state index contributed by atoms with van der Waals surface area (Å²) in [6.45, 7) is 7.01. The molecular formula is C10H16N4S. The largest absolute Gasteiger partial charge is 0.330 e. The molecule has 82 valence electrons. The molecule has 2 aromatic rings. The topological polar surface area (TPSA) is 56.2 Å². The summed E-state index contributed by atoms with van der Waals surface area (Å²) in [6, 6.07) is 0. The second-order valence-electron chi connectivity index (χ2n) is 4.65. The predicted molar refractivity (Wildman–Crippen MR) is 62.3 cm³/mol. The van der Waals surface area contributed by atoms with Crippen LogP contribution in [0.3, 0.4) is 0 Å². The van der Waals surface area contributed by atoms with Gasteiger partial charge < -0.3 is 5.73 Å². The Morgan fingerprint density at radius 2 is 2.20 bits per heavy atom. The molecule has 0 unspecified atom stereocenters. The van der Waals surface area contributed by atoms with E-state index in [4.69, 9.17) is 5.73 Å². The van der Waals surface area contributed by atoms with Gasteiger partial charge in [-0.05, 0) is 6.54 Å². The van der Waals surface area contributed by atoms with Crippen LogP contribution in [0.2, 0.25) is 0 Å². The molecule has 0 radical (unpaired) electrons. The highest BCUT2D eigenvalue weighted by Crippen LogP contribution is 2.22. The molecule has 0 aromatic carbocycles. The number of rotatable bonds is 2. The first-order valence-corrected chi connectivity index (χ1v) is 5.94. The third kappa shape index (κ3) is 1.89. The van der Waals surface area contributed by atoms with E-state index in [9.17, 15) is 0 Å². The summed E-state index contributed by atoms with van der Waals surface area (Å²) in [6.07, 6.45) is 0.854. The zero-order valence-electron chi connectivity index (χ0n) is 9.32. The van der Waals surface area contributed by atoms with E-state index in [0.717, 1.165) is 22.9 Å². The molecule has 5 heteroatoms. The van der Waals surface area contributed by atoms with Crippen molar-refractivity contribution in [2.75, 3.05) is 6.54 Å². The van der Waals surface area contributed by atoms with E-state index in [1.807, 2.05) is 4.52 Å². The Morgan fingerprint density at radius 3 is 2.80 bits per heavy atom. The van der Waals surface area contributed by atoms with Gasteiger partial charge in [0.25, 0.3) is 0 Å². The Labute approximate surface area is 93.1 Å². The maximum Gasteiger partial charge on any atom is 0.212 e. The average molecular weight is 224 g/mol. The first-order valence-electron chi connectivity index (χ1n) is 5.06. The Kier molecular flexibility index (Phi) is 2.52. The molecule has 2 rings (SSSR count). The number of hydrogen-bond donors (Lipinski definition) is 1. The third-order valence-corrected chi connectivity index (χ3v) is 3.09. The van der Waals surface area contributed by atoms with E-state index in [0.29, 0.717) is 6.54 Å². The third-order valence-electron chi connectivity index (χ3n) is 2.22. The van der Waals surface area contributed by atoms with Gasteiger partial charge in [0.15, 0.2) is 5.82 Å². The van der Waals surface area contributed by atoms with Gasteiger partial charge >= 0.3 is 0 Å². The number of fused-ring (bicyclic) bond motifs is 1. The second kappa shape index (κ2) is 3.57. The Hall–Kier alpha value is -0.940. The van der Waals surface area contributed by atoms with Gasteiger partial charge in [0.1, 0.15) is 0 Å². The van der Waals surface area contributed by atoms with Gasteiger partial charge in [-0.1, -0.05) is 20.8 Å². The molecule has 0 bridgehead atoms. The van der Waals surface area contributed by atoms with Crippen molar-refractivity contribution < 1.29 is 0 Å². The molecule has 0 spiro atoms. The van der Waals surface area contributed by atoms with E-state index in [-0.39, 0.29) is 5.41 Å². The summed E-state index contributed by atoms with van der Waals surface area (Å²) < 4.78 is 1.91. The number of nitrogens with two attached hydrogens (primary N) is 1. The van der Waals surface area contributed by atoms with Crippen LogP contribution in [0.15, 0.2) is 5.38 Å². The van der Waals surface area contributed by atoms with E-state index in [1.54, 1.807) is 11.3 Å². The highest BCUT2D eigenvalue weighted by Gasteiger charge is 2.20. The van der Waals surface area contributed by atoms with Crippen molar-refractivity contribution in [1.29, 1.82) is 0 Å². The molecule has 4 nitrogen and oxygen atoms in total. The zero-order valence-corrected chi connectivity index (χ0v) is 10.1. The van der Waals surface area contributed by atoms with Crippen LogP contribution in [-0.2, 0) is 11.8 Å². The highest BCUT2D eigenvalue weighted by molar-refractivity contribution is 7.15. The quantitative estimate of drug-likeness (QED) is 0.842. The van der Waals surface area contributed by atoms with E-state index in [1.165, 1.54) is 0 Å². The minimum atomic E-state index is 0.00568. The van der Waals surface area contributed by atoms with E-state index < -0.39 is 0 Å². The number of hydrogen-bond acceptors (Lipinski definition) is 4. The lowest BCUT2D eigenvalue weighted by Crippen LogP contribution is -2.14. The number of thiazole rings is 1. The summed E-state index contributed by atoms with van der Waals surface area (Å²) in [7, 11) is 0. The fourth-order valence-corrected chi connectivity index (χ4v) is 2.22. The minimum Gasteiger partial charge on any atom is -0.330 e. The standard InChI is InChI=1S/C10H16N4S/c1-10(2,3)8-12-9-14(13-8)7(4-5-11)6-15-9/h6H,4-5,11H2,1-3H3. The number of aromatic nitrogens is 3. The molecule has 0 fully saturated rings. The molecule has 0 aliphatic carbocycles. The maximum absolute atomic E-state index is 5.55. The van der Waals surface area contributed by atoms with Crippen molar-refractivity contribution >= 4 is 16.3 Å². The second-order valence-corrected chi connectivity index (χ2v) is 5.48. The van der Waals surface area contributed by atoms with Crippen molar-refractivity contribution in [2.24, 2.45) is 5.73 Å².